The van der Waals surface area contributed by atoms with Gasteiger partial charge >= 0.3 is 5.97 Å². The van der Waals surface area contributed by atoms with Crippen LogP contribution in [-0.4, -0.2) is 17.9 Å². The van der Waals surface area contributed by atoms with E-state index in [0.717, 1.165) is 4.47 Å². The van der Waals surface area contributed by atoms with Crippen molar-refractivity contribution in [3.05, 3.63) is 27.7 Å². The molecule has 0 radical (unpaired) electrons. The first-order chi connectivity index (χ1) is 8.81. The molecule has 1 aromatic rings. The highest BCUT2D eigenvalue weighted by molar-refractivity contribution is 9.10. The van der Waals surface area contributed by atoms with Gasteiger partial charge in [-0.05, 0) is 24.1 Å². The number of benzene rings is 1. The van der Waals surface area contributed by atoms with Gasteiger partial charge < -0.3 is 10.1 Å². The van der Waals surface area contributed by atoms with Crippen LogP contribution in [0.1, 0.15) is 20.8 Å². The monoisotopic (exact) mass is 347 g/mol. The fourth-order valence-corrected chi connectivity index (χ4v) is 2.16. The van der Waals surface area contributed by atoms with Crippen molar-refractivity contribution in [2.24, 2.45) is 5.92 Å². The molecule has 0 aromatic heterocycles. The van der Waals surface area contributed by atoms with Crippen LogP contribution in [0.4, 0.5) is 0 Å². The van der Waals surface area contributed by atoms with Gasteiger partial charge in [0, 0.05) is 11.4 Å². The number of halogens is 2. The molecule has 0 aliphatic heterocycles. The van der Waals surface area contributed by atoms with Crippen molar-refractivity contribution >= 4 is 39.4 Å². The Balaban J connectivity index is 2.84. The molecule has 1 unspecified atom stereocenters. The minimum Gasteiger partial charge on any atom is -0.423 e. The molecule has 4 nitrogen and oxygen atoms in total. The highest BCUT2D eigenvalue weighted by Crippen LogP contribution is 2.28. The van der Waals surface area contributed by atoms with Gasteiger partial charge in [-0.3, -0.25) is 4.79 Å². The van der Waals surface area contributed by atoms with Crippen molar-refractivity contribution in [2.75, 3.05) is 0 Å². The normalized spacial score (nSPS) is 12.1. The summed E-state index contributed by atoms with van der Waals surface area (Å²) in [6.45, 7) is 5.01. The van der Waals surface area contributed by atoms with Crippen molar-refractivity contribution in [3.8, 4) is 5.75 Å². The second-order valence-electron chi connectivity index (χ2n) is 4.42. The SMILES string of the molecule is CC(=O)NC(C(=O)Oc1ccc(Br)cc1Cl)C(C)C. The summed E-state index contributed by atoms with van der Waals surface area (Å²) in [5.74, 6) is -0.622. The lowest BCUT2D eigenvalue weighted by Gasteiger charge is -2.20. The highest BCUT2D eigenvalue weighted by Gasteiger charge is 2.25. The summed E-state index contributed by atoms with van der Waals surface area (Å²) in [6, 6.07) is 4.25. The van der Waals surface area contributed by atoms with Crippen LogP contribution in [0.25, 0.3) is 0 Å². The summed E-state index contributed by atoms with van der Waals surface area (Å²) in [5.41, 5.74) is 0. The number of ether oxygens (including phenoxy) is 1. The molecule has 6 heteroatoms. The molecular formula is C13H15BrClNO3. The smallest absolute Gasteiger partial charge is 0.334 e. The number of rotatable bonds is 4. The highest BCUT2D eigenvalue weighted by atomic mass is 79.9. The molecule has 1 amide bonds. The van der Waals surface area contributed by atoms with Gasteiger partial charge in [-0.25, -0.2) is 4.79 Å². The maximum Gasteiger partial charge on any atom is 0.334 e. The van der Waals surface area contributed by atoms with Gasteiger partial charge in [0.2, 0.25) is 5.91 Å². The predicted molar refractivity (Wildman–Crippen MR) is 77.2 cm³/mol. The van der Waals surface area contributed by atoms with Crippen molar-refractivity contribution in [1.82, 2.24) is 5.32 Å². The van der Waals surface area contributed by atoms with E-state index in [9.17, 15) is 9.59 Å². The lowest BCUT2D eigenvalue weighted by Crippen LogP contribution is -2.45. The molecule has 0 heterocycles. The van der Waals surface area contributed by atoms with E-state index in [1.165, 1.54) is 6.92 Å². The van der Waals surface area contributed by atoms with E-state index >= 15 is 0 Å². The molecule has 1 aromatic carbocycles. The molecule has 0 fully saturated rings. The van der Waals surface area contributed by atoms with E-state index in [1.807, 2.05) is 13.8 Å². The Labute approximate surface area is 125 Å². The third-order valence-electron chi connectivity index (χ3n) is 2.38. The van der Waals surface area contributed by atoms with Crippen LogP contribution in [0.5, 0.6) is 5.75 Å². The Kier molecular flexibility index (Phi) is 5.82. The van der Waals surface area contributed by atoms with Crippen LogP contribution in [0.15, 0.2) is 22.7 Å². The van der Waals surface area contributed by atoms with Crippen molar-refractivity contribution in [2.45, 2.75) is 26.8 Å². The molecule has 104 valence electrons. The van der Waals surface area contributed by atoms with Gasteiger partial charge in [-0.1, -0.05) is 41.4 Å². The second kappa shape index (κ2) is 6.91. The van der Waals surface area contributed by atoms with E-state index in [-0.39, 0.29) is 17.6 Å². The first-order valence-corrected chi connectivity index (χ1v) is 6.92. The van der Waals surface area contributed by atoms with Crippen molar-refractivity contribution in [1.29, 1.82) is 0 Å². The third kappa shape index (κ3) is 4.84. The van der Waals surface area contributed by atoms with Gasteiger partial charge in [0.25, 0.3) is 0 Å². The average Bonchev–Trinajstić information content (AvgIpc) is 2.29. The Morgan fingerprint density at radius 2 is 2.00 bits per heavy atom. The predicted octanol–water partition coefficient (Wildman–Crippen LogP) is 3.17. The van der Waals surface area contributed by atoms with Gasteiger partial charge in [0.1, 0.15) is 11.8 Å². The van der Waals surface area contributed by atoms with E-state index in [1.54, 1.807) is 18.2 Å². The fourth-order valence-electron chi connectivity index (χ4n) is 1.45. The molecule has 0 saturated carbocycles. The van der Waals surface area contributed by atoms with E-state index in [0.29, 0.717) is 5.02 Å². The minimum atomic E-state index is -0.697. The van der Waals surface area contributed by atoms with E-state index in [2.05, 4.69) is 21.2 Å². The second-order valence-corrected chi connectivity index (χ2v) is 5.74. The topological polar surface area (TPSA) is 55.4 Å². The Morgan fingerprint density at radius 1 is 1.37 bits per heavy atom. The maximum absolute atomic E-state index is 12.0. The zero-order chi connectivity index (χ0) is 14.6. The maximum atomic E-state index is 12.0. The number of amides is 1. The summed E-state index contributed by atoms with van der Waals surface area (Å²) >= 11 is 9.23. The number of carbonyl (C=O) groups is 2. The zero-order valence-corrected chi connectivity index (χ0v) is 13.2. The van der Waals surface area contributed by atoms with Crippen LogP contribution in [0, 0.1) is 5.92 Å². The summed E-state index contributed by atoms with van der Waals surface area (Å²) in [5, 5.41) is 2.89. The van der Waals surface area contributed by atoms with Crippen LogP contribution in [-0.2, 0) is 9.59 Å². The lowest BCUT2D eigenvalue weighted by molar-refractivity contribution is -0.140. The molecule has 19 heavy (non-hydrogen) atoms. The summed E-state index contributed by atoms with van der Waals surface area (Å²) in [7, 11) is 0. The van der Waals surface area contributed by atoms with E-state index < -0.39 is 12.0 Å². The fraction of sp³-hybridized carbons (Fsp3) is 0.385. The molecule has 0 bridgehead atoms. The summed E-state index contributed by atoms with van der Waals surface area (Å²) < 4.78 is 6.01. The molecule has 0 spiro atoms. The first kappa shape index (κ1) is 16.0. The van der Waals surface area contributed by atoms with Crippen molar-refractivity contribution in [3.63, 3.8) is 0 Å². The standard InChI is InChI=1S/C13H15BrClNO3/c1-7(2)12(16-8(3)17)13(18)19-11-5-4-9(14)6-10(11)15/h4-7,12H,1-3H3,(H,16,17). The number of hydrogen-bond donors (Lipinski definition) is 1. The number of carbonyl (C=O) groups excluding carboxylic acids is 2. The number of esters is 1. The van der Waals surface area contributed by atoms with Gasteiger partial charge in [-0.2, -0.15) is 0 Å². The minimum absolute atomic E-state index is 0.0781. The molecule has 0 saturated heterocycles. The van der Waals surface area contributed by atoms with Crippen LogP contribution in [0.3, 0.4) is 0 Å². The zero-order valence-electron chi connectivity index (χ0n) is 10.9. The lowest BCUT2D eigenvalue weighted by atomic mass is 10.0. The summed E-state index contributed by atoms with van der Waals surface area (Å²) in [4.78, 5) is 23.1. The molecule has 0 aliphatic carbocycles. The average molecular weight is 349 g/mol. The Morgan fingerprint density at radius 3 is 2.47 bits per heavy atom. The molecule has 1 atom stereocenters. The van der Waals surface area contributed by atoms with Gasteiger partial charge in [0.05, 0.1) is 5.02 Å². The molecule has 0 aliphatic rings. The molecule has 1 rings (SSSR count). The number of nitrogens with one attached hydrogen (secondary N) is 1. The largest absolute Gasteiger partial charge is 0.423 e. The van der Waals surface area contributed by atoms with Crippen LogP contribution in [0.2, 0.25) is 5.02 Å². The summed E-state index contributed by atoms with van der Waals surface area (Å²) in [6.07, 6.45) is 0. The van der Waals surface area contributed by atoms with E-state index in [4.69, 9.17) is 16.3 Å². The van der Waals surface area contributed by atoms with Crippen LogP contribution < -0.4 is 10.1 Å². The van der Waals surface area contributed by atoms with Gasteiger partial charge in [-0.15, -0.1) is 0 Å². The first-order valence-electron chi connectivity index (χ1n) is 5.75. The molecular weight excluding hydrogens is 334 g/mol. The van der Waals surface area contributed by atoms with Crippen LogP contribution >= 0.6 is 27.5 Å². The Bertz CT molecular complexity index is 491. The van der Waals surface area contributed by atoms with Gasteiger partial charge in [0.15, 0.2) is 0 Å². The Hall–Kier alpha value is -1.07. The third-order valence-corrected chi connectivity index (χ3v) is 3.17. The molecule has 1 N–H and O–H groups in total. The van der Waals surface area contributed by atoms with Crippen molar-refractivity contribution < 1.29 is 14.3 Å². The quantitative estimate of drug-likeness (QED) is 0.671. The number of hydrogen-bond acceptors (Lipinski definition) is 3.